The number of nitrogens with zero attached hydrogens (tertiary/aromatic N) is 1. The number of carbonyl (C=O) groups is 1. The van der Waals surface area contributed by atoms with Gasteiger partial charge in [0.05, 0.1) is 12.8 Å². The maximum absolute atomic E-state index is 11.4. The number of methoxy groups -OCH3 is 1. The molecule has 0 aromatic heterocycles. The summed E-state index contributed by atoms with van der Waals surface area (Å²) >= 11 is 0. The monoisotopic (exact) mass is 289 g/mol. The molecule has 0 spiro atoms. The average molecular weight is 289 g/mol. The minimum atomic E-state index is 0.215. The molecule has 0 aliphatic carbocycles. The van der Waals surface area contributed by atoms with Gasteiger partial charge in [0.1, 0.15) is 5.75 Å². The minimum absolute atomic E-state index is 0.215. The van der Waals surface area contributed by atoms with Gasteiger partial charge in [0, 0.05) is 32.1 Å². The molecule has 1 amide bonds. The molecule has 0 saturated carbocycles. The SMILES string of the molecule is COc1ccc(CN2CCC3NC(=O)CCC3C2)cc1N. The van der Waals surface area contributed by atoms with E-state index in [0.717, 1.165) is 38.2 Å². The Hall–Kier alpha value is -1.75. The van der Waals surface area contributed by atoms with Gasteiger partial charge in [-0.2, -0.15) is 0 Å². The van der Waals surface area contributed by atoms with Crippen molar-refractivity contribution in [2.45, 2.75) is 31.8 Å². The molecule has 2 fully saturated rings. The molecule has 3 rings (SSSR count). The van der Waals surface area contributed by atoms with Crippen molar-refractivity contribution in [1.29, 1.82) is 0 Å². The van der Waals surface area contributed by atoms with Crippen LogP contribution < -0.4 is 15.8 Å². The molecule has 2 aliphatic heterocycles. The Labute approximate surface area is 125 Å². The predicted octanol–water partition coefficient (Wildman–Crippen LogP) is 1.38. The number of nitrogens with one attached hydrogen (secondary N) is 1. The summed E-state index contributed by atoms with van der Waals surface area (Å²) in [5, 5.41) is 3.12. The van der Waals surface area contributed by atoms with Gasteiger partial charge in [0.25, 0.3) is 0 Å². The van der Waals surface area contributed by atoms with E-state index in [1.54, 1.807) is 7.11 Å². The number of carbonyl (C=O) groups excluding carboxylic acids is 1. The summed E-state index contributed by atoms with van der Waals surface area (Å²) in [6.45, 7) is 2.98. The van der Waals surface area contributed by atoms with Crippen LogP contribution in [0.1, 0.15) is 24.8 Å². The van der Waals surface area contributed by atoms with Crippen molar-refractivity contribution in [3.8, 4) is 5.75 Å². The van der Waals surface area contributed by atoms with Gasteiger partial charge in [-0.25, -0.2) is 0 Å². The van der Waals surface area contributed by atoms with Gasteiger partial charge in [-0.15, -0.1) is 0 Å². The van der Waals surface area contributed by atoms with Crippen LogP contribution in [0.15, 0.2) is 18.2 Å². The summed E-state index contributed by atoms with van der Waals surface area (Å²) in [4.78, 5) is 13.9. The highest BCUT2D eigenvalue weighted by atomic mass is 16.5. The largest absolute Gasteiger partial charge is 0.495 e. The summed E-state index contributed by atoms with van der Waals surface area (Å²) < 4.78 is 5.19. The van der Waals surface area contributed by atoms with E-state index < -0.39 is 0 Å². The second-order valence-electron chi connectivity index (χ2n) is 6.07. The lowest BCUT2D eigenvalue weighted by molar-refractivity contribution is -0.125. The number of hydrogen-bond acceptors (Lipinski definition) is 4. The van der Waals surface area contributed by atoms with Gasteiger partial charge >= 0.3 is 0 Å². The van der Waals surface area contributed by atoms with Crippen molar-refractivity contribution in [1.82, 2.24) is 10.2 Å². The van der Waals surface area contributed by atoms with Crippen LogP contribution in [-0.2, 0) is 11.3 Å². The molecule has 2 unspecified atom stereocenters. The molecule has 21 heavy (non-hydrogen) atoms. The first-order valence-corrected chi connectivity index (χ1v) is 7.60. The average Bonchev–Trinajstić information content (AvgIpc) is 2.48. The number of benzene rings is 1. The number of piperidine rings is 2. The summed E-state index contributed by atoms with van der Waals surface area (Å²) in [6.07, 6.45) is 2.73. The van der Waals surface area contributed by atoms with Crippen LogP contribution in [0.25, 0.3) is 0 Å². The first-order chi connectivity index (χ1) is 10.2. The fraction of sp³-hybridized carbons (Fsp3) is 0.562. The zero-order valence-electron chi connectivity index (χ0n) is 12.5. The summed E-state index contributed by atoms with van der Waals surface area (Å²) in [6, 6.07) is 6.37. The van der Waals surface area contributed by atoms with Crippen molar-refractivity contribution in [2.24, 2.45) is 5.92 Å². The summed E-state index contributed by atoms with van der Waals surface area (Å²) in [5.74, 6) is 1.53. The number of nitrogen functional groups attached to an aromatic ring is 1. The zero-order chi connectivity index (χ0) is 14.8. The van der Waals surface area contributed by atoms with E-state index in [2.05, 4.69) is 16.3 Å². The molecule has 2 atom stereocenters. The fourth-order valence-electron chi connectivity index (χ4n) is 3.47. The van der Waals surface area contributed by atoms with Gasteiger partial charge < -0.3 is 15.8 Å². The molecule has 2 saturated heterocycles. The molecule has 0 bridgehead atoms. The van der Waals surface area contributed by atoms with E-state index in [4.69, 9.17) is 10.5 Å². The third-order valence-corrected chi connectivity index (χ3v) is 4.61. The lowest BCUT2D eigenvalue weighted by Crippen LogP contribution is -2.53. The van der Waals surface area contributed by atoms with Crippen LogP contribution in [0.2, 0.25) is 0 Å². The van der Waals surface area contributed by atoms with E-state index in [1.807, 2.05) is 12.1 Å². The third-order valence-electron chi connectivity index (χ3n) is 4.61. The smallest absolute Gasteiger partial charge is 0.220 e. The Balaban J connectivity index is 1.61. The van der Waals surface area contributed by atoms with E-state index in [-0.39, 0.29) is 5.91 Å². The molecular formula is C16H23N3O2. The number of fused-ring (bicyclic) bond motifs is 1. The fourth-order valence-corrected chi connectivity index (χ4v) is 3.47. The maximum Gasteiger partial charge on any atom is 0.220 e. The second kappa shape index (κ2) is 5.93. The first-order valence-electron chi connectivity index (χ1n) is 7.60. The van der Waals surface area contributed by atoms with Crippen LogP contribution in [0.4, 0.5) is 5.69 Å². The predicted molar refractivity (Wildman–Crippen MR) is 82.0 cm³/mol. The number of hydrogen-bond donors (Lipinski definition) is 2. The van der Waals surface area contributed by atoms with Crippen LogP contribution in [-0.4, -0.2) is 37.0 Å². The molecule has 1 aromatic rings. The van der Waals surface area contributed by atoms with Crippen molar-refractivity contribution in [2.75, 3.05) is 25.9 Å². The molecule has 5 nitrogen and oxygen atoms in total. The van der Waals surface area contributed by atoms with Gasteiger partial charge in [-0.05, 0) is 36.5 Å². The highest BCUT2D eigenvalue weighted by molar-refractivity contribution is 5.77. The van der Waals surface area contributed by atoms with E-state index in [1.165, 1.54) is 5.56 Å². The molecule has 1 aromatic carbocycles. The van der Waals surface area contributed by atoms with Crippen molar-refractivity contribution in [3.63, 3.8) is 0 Å². The van der Waals surface area contributed by atoms with Crippen LogP contribution in [0.3, 0.4) is 0 Å². The van der Waals surface area contributed by atoms with Gasteiger partial charge in [-0.1, -0.05) is 6.07 Å². The number of likely N-dealkylation sites (tertiary alicyclic amines) is 1. The summed E-state index contributed by atoms with van der Waals surface area (Å²) in [5.41, 5.74) is 7.87. The Bertz CT molecular complexity index is 532. The van der Waals surface area contributed by atoms with E-state index in [0.29, 0.717) is 24.1 Å². The number of nitrogens with two attached hydrogens (primary N) is 1. The third kappa shape index (κ3) is 3.13. The highest BCUT2D eigenvalue weighted by Crippen LogP contribution is 2.27. The standard InChI is InChI=1S/C16H23N3O2/c1-21-15-4-2-11(8-13(15)17)9-19-7-6-14-12(10-19)3-5-16(20)18-14/h2,4,8,12,14H,3,5-7,9-10,17H2,1H3,(H,18,20). The minimum Gasteiger partial charge on any atom is -0.495 e. The molecular weight excluding hydrogens is 266 g/mol. The Morgan fingerprint density at radius 1 is 1.43 bits per heavy atom. The lowest BCUT2D eigenvalue weighted by atomic mass is 9.85. The molecule has 5 heteroatoms. The Kier molecular flexibility index (Phi) is 4.01. The normalized spacial score (nSPS) is 26.0. The molecule has 0 radical (unpaired) electrons. The number of anilines is 1. The van der Waals surface area contributed by atoms with Crippen molar-refractivity contribution >= 4 is 11.6 Å². The van der Waals surface area contributed by atoms with Gasteiger partial charge in [0.15, 0.2) is 0 Å². The molecule has 2 aliphatic rings. The Morgan fingerprint density at radius 2 is 2.29 bits per heavy atom. The first kappa shape index (κ1) is 14.2. The maximum atomic E-state index is 11.4. The molecule has 2 heterocycles. The number of amides is 1. The van der Waals surface area contributed by atoms with E-state index in [9.17, 15) is 4.79 Å². The second-order valence-corrected chi connectivity index (χ2v) is 6.07. The summed E-state index contributed by atoms with van der Waals surface area (Å²) in [7, 11) is 1.63. The van der Waals surface area contributed by atoms with Crippen LogP contribution >= 0.6 is 0 Å². The van der Waals surface area contributed by atoms with Crippen LogP contribution in [0, 0.1) is 5.92 Å². The quantitative estimate of drug-likeness (QED) is 0.825. The van der Waals surface area contributed by atoms with Crippen LogP contribution in [0.5, 0.6) is 5.75 Å². The van der Waals surface area contributed by atoms with Gasteiger partial charge in [-0.3, -0.25) is 9.69 Å². The van der Waals surface area contributed by atoms with Gasteiger partial charge in [0.2, 0.25) is 5.91 Å². The lowest BCUT2D eigenvalue weighted by Gasteiger charge is -2.41. The number of rotatable bonds is 3. The zero-order valence-corrected chi connectivity index (χ0v) is 12.5. The topological polar surface area (TPSA) is 67.6 Å². The van der Waals surface area contributed by atoms with E-state index >= 15 is 0 Å². The van der Waals surface area contributed by atoms with Crippen molar-refractivity contribution in [3.05, 3.63) is 23.8 Å². The molecule has 114 valence electrons. The molecule has 3 N–H and O–H groups in total. The number of ether oxygens (including phenoxy) is 1. The highest BCUT2D eigenvalue weighted by Gasteiger charge is 2.33. The van der Waals surface area contributed by atoms with Crippen molar-refractivity contribution < 1.29 is 9.53 Å². The Morgan fingerprint density at radius 3 is 3.05 bits per heavy atom.